The van der Waals surface area contributed by atoms with Gasteiger partial charge in [-0.2, -0.15) is 0 Å². The van der Waals surface area contributed by atoms with E-state index in [1.807, 2.05) is 0 Å². The lowest BCUT2D eigenvalue weighted by atomic mass is 9.88. The van der Waals surface area contributed by atoms with Crippen molar-refractivity contribution in [3.63, 3.8) is 0 Å². The molecule has 0 saturated carbocycles. The second kappa shape index (κ2) is 5.25. The monoisotopic (exact) mass is 282 g/mol. The minimum absolute atomic E-state index is 0.117. The van der Waals surface area contributed by atoms with Crippen molar-refractivity contribution >= 4 is 21.9 Å². The van der Waals surface area contributed by atoms with Crippen LogP contribution >= 0.6 is 15.9 Å². The average molecular weight is 283 g/mol. The van der Waals surface area contributed by atoms with Crippen LogP contribution in [0, 0.1) is 11.8 Å². The molecule has 0 spiro atoms. The molecule has 0 aromatic rings. The maximum Gasteiger partial charge on any atom is 0.302 e. The van der Waals surface area contributed by atoms with Crippen molar-refractivity contribution in [2.45, 2.75) is 38.1 Å². The Bertz CT molecular complexity index is 237. The van der Waals surface area contributed by atoms with Gasteiger partial charge >= 0.3 is 5.97 Å². The number of hydrogen-bond donors (Lipinski definition) is 0. The standard InChI is InChI=1S/C10H16BrFO3/c1-5-8(4-14-7(3)13)15-10(11)6(2)9(5)12/h5-6,8-10H,4H2,1-3H3. The highest BCUT2D eigenvalue weighted by molar-refractivity contribution is 9.09. The van der Waals surface area contributed by atoms with Gasteiger partial charge in [0.05, 0.1) is 6.10 Å². The smallest absolute Gasteiger partial charge is 0.302 e. The number of carbonyl (C=O) groups is 1. The van der Waals surface area contributed by atoms with Gasteiger partial charge in [0.2, 0.25) is 0 Å². The van der Waals surface area contributed by atoms with Gasteiger partial charge in [0.1, 0.15) is 17.8 Å². The van der Waals surface area contributed by atoms with Gasteiger partial charge in [-0.1, -0.05) is 29.8 Å². The molecular formula is C10H16BrFO3. The van der Waals surface area contributed by atoms with Gasteiger partial charge in [-0.05, 0) is 0 Å². The Morgan fingerprint density at radius 3 is 2.60 bits per heavy atom. The molecule has 0 amide bonds. The Morgan fingerprint density at radius 1 is 1.47 bits per heavy atom. The van der Waals surface area contributed by atoms with Crippen LogP contribution < -0.4 is 0 Å². The molecule has 15 heavy (non-hydrogen) atoms. The summed E-state index contributed by atoms with van der Waals surface area (Å²) in [7, 11) is 0. The van der Waals surface area contributed by atoms with Crippen LogP contribution in [0.2, 0.25) is 0 Å². The topological polar surface area (TPSA) is 35.5 Å². The van der Waals surface area contributed by atoms with Gasteiger partial charge < -0.3 is 9.47 Å². The molecule has 1 rings (SSSR count). The summed E-state index contributed by atoms with van der Waals surface area (Å²) < 4.78 is 24.1. The van der Waals surface area contributed by atoms with E-state index >= 15 is 0 Å². The minimum atomic E-state index is -0.941. The Kier molecular flexibility index (Phi) is 4.52. The summed E-state index contributed by atoms with van der Waals surface area (Å²) in [6.45, 7) is 5.01. The van der Waals surface area contributed by atoms with Crippen molar-refractivity contribution in [3.8, 4) is 0 Å². The second-order valence-corrected chi connectivity index (χ2v) is 4.89. The second-order valence-electron chi connectivity index (χ2n) is 3.99. The van der Waals surface area contributed by atoms with Crippen LogP contribution in [0.5, 0.6) is 0 Å². The summed E-state index contributed by atoms with van der Waals surface area (Å²) >= 11 is 3.27. The lowest BCUT2D eigenvalue weighted by Gasteiger charge is -2.38. The third-order valence-electron chi connectivity index (χ3n) is 2.76. The largest absolute Gasteiger partial charge is 0.463 e. The van der Waals surface area contributed by atoms with Crippen molar-refractivity contribution in [2.24, 2.45) is 11.8 Å². The highest BCUT2D eigenvalue weighted by Gasteiger charge is 2.41. The fourth-order valence-corrected chi connectivity index (χ4v) is 2.20. The van der Waals surface area contributed by atoms with E-state index in [0.717, 1.165) is 0 Å². The minimum Gasteiger partial charge on any atom is -0.463 e. The summed E-state index contributed by atoms with van der Waals surface area (Å²) in [5.41, 5.74) is 0. The number of carbonyl (C=O) groups excluding carboxylic acids is 1. The number of ether oxygens (including phenoxy) is 2. The molecule has 1 fully saturated rings. The fourth-order valence-electron chi connectivity index (χ4n) is 1.63. The Labute approximate surface area is 97.4 Å². The normalized spacial score (nSPS) is 41.3. The molecule has 1 aliphatic heterocycles. The molecule has 1 heterocycles. The molecule has 88 valence electrons. The first kappa shape index (κ1) is 12.9. The van der Waals surface area contributed by atoms with E-state index in [1.165, 1.54) is 6.92 Å². The summed E-state index contributed by atoms with van der Waals surface area (Å²) in [5, 5.41) is -0.316. The fraction of sp³-hybridized carbons (Fsp3) is 0.900. The first-order chi connectivity index (χ1) is 6.93. The predicted molar refractivity (Wildman–Crippen MR) is 57.4 cm³/mol. The van der Waals surface area contributed by atoms with E-state index in [4.69, 9.17) is 9.47 Å². The number of rotatable bonds is 2. The van der Waals surface area contributed by atoms with Crippen LogP contribution in [0.15, 0.2) is 0 Å². The van der Waals surface area contributed by atoms with Crippen molar-refractivity contribution in [1.82, 2.24) is 0 Å². The summed E-state index contributed by atoms with van der Waals surface area (Å²) in [6, 6.07) is 0. The Morgan fingerprint density at radius 2 is 2.07 bits per heavy atom. The highest BCUT2D eigenvalue weighted by atomic mass is 79.9. The van der Waals surface area contributed by atoms with E-state index < -0.39 is 6.17 Å². The van der Waals surface area contributed by atoms with Gasteiger partial charge in [0.15, 0.2) is 0 Å². The molecular weight excluding hydrogens is 267 g/mol. The number of alkyl halides is 2. The molecule has 0 radical (unpaired) electrons. The van der Waals surface area contributed by atoms with E-state index in [-0.39, 0.29) is 35.5 Å². The number of halogens is 2. The van der Waals surface area contributed by atoms with Crippen LogP contribution in [-0.4, -0.2) is 29.9 Å². The summed E-state index contributed by atoms with van der Waals surface area (Å²) in [4.78, 5) is 10.6. The van der Waals surface area contributed by atoms with E-state index in [2.05, 4.69) is 15.9 Å². The van der Waals surface area contributed by atoms with Crippen molar-refractivity contribution < 1.29 is 18.7 Å². The molecule has 0 bridgehead atoms. The molecule has 1 saturated heterocycles. The molecule has 0 N–H and O–H groups in total. The molecule has 5 heteroatoms. The quantitative estimate of drug-likeness (QED) is 0.576. The maximum absolute atomic E-state index is 13.7. The molecule has 5 atom stereocenters. The Balaban J connectivity index is 2.54. The SMILES string of the molecule is CC(=O)OCC1OC(Br)C(C)C(F)C1C. The molecule has 0 aromatic carbocycles. The Hall–Kier alpha value is -0.160. The predicted octanol–water partition coefficient (Wildman–Crippen LogP) is 2.28. The third kappa shape index (κ3) is 3.14. The van der Waals surface area contributed by atoms with Crippen LogP contribution in [-0.2, 0) is 14.3 Å². The number of esters is 1. The van der Waals surface area contributed by atoms with Crippen molar-refractivity contribution in [2.75, 3.05) is 6.61 Å². The first-order valence-electron chi connectivity index (χ1n) is 5.00. The van der Waals surface area contributed by atoms with Crippen LogP contribution in [0.4, 0.5) is 4.39 Å². The van der Waals surface area contributed by atoms with Gasteiger partial charge in [0, 0.05) is 18.8 Å². The number of hydrogen-bond acceptors (Lipinski definition) is 3. The van der Waals surface area contributed by atoms with Gasteiger partial charge in [-0.3, -0.25) is 4.79 Å². The van der Waals surface area contributed by atoms with Gasteiger partial charge in [0.25, 0.3) is 0 Å². The van der Waals surface area contributed by atoms with Crippen molar-refractivity contribution in [1.29, 1.82) is 0 Å². The van der Waals surface area contributed by atoms with Crippen molar-refractivity contribution in [3.05, 3.63) is 0 Å². The summed E-state index contributed by atoms with van der Waals surface area (Å²) in [5.74, 6) is -0.812. The zero-order valence-corrected chi connectivity index (χ0v) is 10.7. The molecule has 3 nitrogen and oxygen atoms in total. The highest BCUT2D eigenvalue weighted by Crippen LogP contribution is 2.34. The van der Waals surface area contributed by atoms with E-state index in [1.54, 1.807) is 13.8 Å². The average Bonchev–Trinajstić information content (AvgIpc) is 2.18. The molecule has 5 unspecified atom stereocenters. The molecule has 0 aliphatic carbocycles. The van der Waals surface area contributed by atoms with E-state index in [0.29, 0.717) is 0 Å². The van der Waals surface area contributed by atoms with Crippen LogP contribution in [0.3, 0.4) is 0 Å². The lowest BCUT2D eigenvalue weighted by Crippen LogP contribution is -2.46. The first-order valence-corrected chi connectivity index (χ1v) is 5.92. The lowest BCUT2D eigenvalue weighted by molar-refractivity contribution is -0.157. The zero-order valence-electron chi connectivity index (χ0n) is 9.07. The van der Waals surface area contributed by atoms with Crippen LogP contribution in [0.1, 0.15) is 20.8 Å². The maximum atomic E-state index is 13.7. The van der Waals surface area contributed by atoms with Gasteiger partial charge in [-0.15, -0.1) is 0 Å². The van der Waals surface area contributed by atoms with E-state index in [9.17, 15) is 9.18 Å². The molecule has 0 aromatic heterocycles. The van der Waals surface area contributed by atoms with Gasteiger partial charge in [-0.25, -0.2) is 4.39 Å². The third-order valence-corrected chi connectivity index (χ3v) is 3.81. The van der Waals surface area contributed by atoms with Crippen LogP contribution in [0.25, 0.3) is 0 Å². The zero-order chi connectivity index (χ0) is 11.6. The summed E-state index contributed by atoms with van der Waals surface area (Å²) in [6.07, 6.45) is -1.31. The molecule has 1 aliphatic rings.